The van der Waals surface area contributed by atoms with Crippen molar-refractivity contribution < 1.29 is 0 Å². The predicted molar refractivity (Wildman–Crippen MR) is 59.6 cm³/mol. The van der Waals surface area contributed by atoms with Crippen molar-refractivity contribution in [2.24, 2.45) is 5.73 Å². The second-order valence-corrected chi connectivity index (χ2v) is 3.82. The lowest BCUT2D eigenvalue weighted by Gasteiger charge is -2.04. The van der Waals surface area contributed by atoms with Crippen LogP contribution >= 0.6 is 39.7 Å². The zero-order valence-electron chi connectivity index (χ0n) is 5.97. The Kier molecular flexibility index (Phi) is 3.31. The van der Waals surface area contributed by atoms with Gasteiger partial charge >= 0.3 is 0 Å². The highest BCUT2D eigenvalue weighted by Crippen LogP contribution is 2.25. The van der Waals surface area contributed by atoms with Gasteiger partial charge in [0.05, 0.1) is 5.02 Å². The van der Waals surface area contributed by atoms with Crippen molar-refractivity contribution in [3.63, 3.8) is 0 Å². The van der Waals surface area contributed by atoms with Crippen molar-refractivity contribution in [2.75, 3.05) is 5.32 Å². The van der Waals surface area contributed by atoms with Gasteiger partial charge in [0, 0.05) is 10.2 Å². The van der Waals surface area contributed by atoms with E-state index in [-0.39, 0.29) is 5.11 Å². The normalized spacial score (nSPS) is 9.50. The lowest BCUT2D eigenvalue weighted by atomic mass is 10.3. The van der Waals surface area contributed by atoms with Gasteiger partial charge in [-0.1, -0.05) is 11.6 Å². The van der Waals surface area contributed by atoms with Gasteiger partial charge in [-0.05, 0) is 46.3 Å². The lowest BCUT2D eigenvalue weighted by Crippen LogP contribution is -2.18. The Balaban J connectivity index is 2.89. The fraction of sp³-hybridized carbons (Fsp3) is 0. The summed E-state index contributed by atoms with van der Waals surface area (Å²) >= 11 is 13.8. The average Bonchev–Trinajstić information content (AvgIpc) is 1.96. The van der Waals surface area contributed by atoms with E-state index in [2.05, 4.69) is 33.5 Å². The molecule has 0 amide bonds. The van der Waals surface area contributed by atoms with Gasteiger partial charge in [0.25, 0.3) is 0 Å². The van der Waals surface area contributed by atoms with Crippen LogP contribution in [0.15, 0.2) is 22.7 Å². The summed E-state index contributed by atoms with van der Waals surface area (Å²) in [5.74, 6) is 0. The van der Waals surface area contributed by atoms with Gasteiger partial charge < -0.3 is 11.1 Å². The maximum Gasteiger partial charge on any atom is 0.168 e. The molecule has 1 aromatic carbocycles. The zero-order valence-corrected chi connectivity index (χ0v) is 9.13. The molecule has 0 aliphatic rings. The minimum atomic E-state index is 0.230. The summed E-state index contributed by atoms with van der Waals surface area (Å²) in [5, 5.41) is 3.63. The second-order valence-electron chi connectivity index (χ2n) is 2.12. The number of nitrogens with one attached hydrogen (secondary N) is 1. The number of halogens is 2. The third-order valence-corrected chi connectivity index (χ3v) is 2.52. The van der Waals surface area contributed by atoms with Crippen LogP contribution in [0.3, 0.4) is 0 Å². The number of nitrogens with two attached hydrogens (primary N) is 1. The molecule has 0 bridgehead atoms. The van der Waals surface area contributed by atoms with Crippen LogP contribution < -0.4 is 11.1 Å². The topological polar surface area (TPSA) is 38.0 Å². The number of anilines is 1. The minimum absolute atomic E-state index is 0.230. The van der Waals surface area contributed by atoms with Crippen molar-refractivity contribution in [3.05, 3.63) is 27.7 Å². The van der Waals surface area contributed by atoms with Crippen LogP contribution in [0, 0.1) is 0 Å². The van der Waals surface area contributed by atoms with Gasteiger partial charge in [-0.3, -0.25) is 0 Å². The van der Waals surface area contributed by atoms with Crippen LogP contribution in [-0.2, 0) is 0 Å². The minimum Gasteiger partial charge on any atom is -0.376 e. The lowest BCUT2D eigenvalue weighted by molar-refractivity contribution is 1.58. The molecule has 0 spiro atoms. The van der Waals surface area contributed by atoms with E-state index >= 15 is 0 Å². The van der Waals surface area contributed by atoms with E-state index in [0.717, 1.165) is 10.2 Å². The molecule has 0 saturated heterocycles. The van der Waals surface area contributed by atoms with E-state index in [4.69, 9.17) is 17.3 Å². The van der Waals surface area contributed by atoms with Crippen LogP contribution in [0.1, 0.15) is 0 Å². The van der Waals surface area contributed by atoms with Crippen molar-refractivity contribution in [3.8, 4) is 0 Å². The van der Waals surface area contributed by atoms with E-state index in [0.29, 0.717) is 5.02 Å². The monoisotopic (exact) mass is 264 g/mol. The number of hydrogen-bond acceptors (Lipinski definition) is 1. The fourth-order valence-corrected chi connectivity index (χ4v) is 1.26. The van der Waals surface area contributed by atoms with Crippen molar-refractivity contribution in [1.82, 2.24) is 0 Å². The highest BCUT2D eigenvalue weighted by Gasteiger charge is 1.98. The zero-order chi connectivity index (χ0) is 9.14. The first kappa shape index (κ1) is 9.77. The van der Waals surface area contributed by atoms with Gasteiger partial charge in [0.2, 0.25) is 0 Å². The molecule has 5 heteroatoms. The highest BCUT2D eigenvalue weighted by molar-refractivity contribution is 9.10. The van der Waals surface area contributed by atoms with Gasteiger partial charge in [-0.15, -0.1) is 0 Å². The number of benzene rings is 1. The molecule has 0 saturated carbocycles. The molecule has 3 N–H and O–H groups in total. The Morgan fingerprint density at radius 1 is 1.58 bits per heavy atom. The average molecular weight is 266 g/mol. The smallest absolute Gasteiger partial charge is 0.168 e. The Bertz CT molecular complexity index is 316. The van der Waals surface area contributed by atoms with E-state index in [1.165, 1.54) is 0 Å². The van der Waals surface area contributed by atoms with E-state index in [9.17, 15) is 0 Å². The summed E-state index contributed by atoms with van der Waals surface area (Å²) < 4.78 is 0.845. The summed E-state index contributed by atoms with van der Waals surface area (Å²) in [5.41, 5.74) is 6.07. The van der Waals surface area contributed by atoms with Crippen molar-refractivity contribution in [1.29, 1.82) is 0 Å². The molecule has 0 aliphatic carbocycles. The van der Waals surface area contributed by atoms with Crippen LogP contribution in [-0.4, -0.2) is 5.11 Å². The van der Waals surface area contributed by atoms with Gasteiger partial charge in [0.15, 0.2) is 5.11 Å². The van der Waals surface area contributed by atoms with Gasteiger partial charge in [-0.2, -0.15) is 0 Å². The first-order chi connectivity index (χ1) is 5.59. The van der Waals surface area contributed by atoms with Crippen LogP contribution in [0.25, 0.3) is 0 Å². The molecule has 0 aromatic heterocycles. The molecule has 0 unspecified atom stereocenters. The largest absolute Gasteiger partial charge is 0.376 e. The molecule has 0 fully saturated rings. The first-order valence-corrected chi connectivity index (χ1v) is 4.69. The third kappa shape index (κ3) is 2.62. The molecule has 2 nitrogen and oxygen atoms in total. The maximum absolute atomic E-state index is 5.83. The molecule has 12 heavy (non-hydrogen) atoms. The van der Waals surface area contributed by atoms with E-state index in [1.54, 1.807) is 6.07 Å². The van der Waals surface area contributed by atoms with Gasteiger partial charge in [0.1, 0.15) is 0 Å². The Labute approximate surface area is 89.2 Å². The standard InChI is InChI=1S/C7H6BrClN2S/c8-5-2-1-4(3-6(5)9)11-7(10)12/h1-3H,(H3,10,11,12). The highest BCUT2D eigenvalue weighted by atomic mass is 79.9. The molecular formula is C7H6BrClN2S. The van der Waals surface area contributed by atoms with E-state index in [1.807, 2.05) is 12.1 Å². The molecular weight excluding hydrogens is 260 g/mol. The number of hydrogen-bond donors (Lipinski definition) is 2. The predicted octanol–water partition coefficient (Wildman–Crippen LogP) is 2.76. The van der Waals surface area contributed by atoms with Crippen LogP contribution in [0.4, 0.5) is 5.69 Å². The number of rotatable bonds is 1. The van der Waals surface area contributed by atoms with Gasteiger partial charge in [-0.25, -0.2) is 0 Å². The molecule has 0 heterocycles. The quantitative estimate of drug-likeness (QED) is 0.767. The molecule has 64 valence electrons. The Morgan fingerprint density at radius 2 is 2.25 bits per heavy atom. The number of thiocarbonyl (C=S) groups is 1. The van der Waals surface area contributed by atoms with Crippen molar-refractivity contribution >= 4 is 50.5 Å². The van der Waals surface area contributed by atoms with Crippen molar-refractivity contribution in [2.45, 2.75) is 0 Å². The van der Waals surface area contributed by atoms with Crippen LogP contribution in [0.2, 0.25) is 5.02 Å². The van der Waals surface area contributed by atoms with Crippen LogP contribution in [0.5, 0.6) is 0 Å². The molecule has 1 aromatic rings. The summed E-state index contributed by atoms with van der Waals surface area (Å²) in [4.78, 5) is 0. The second kappa shape index (κ2) is 4.07. The fourth-order valence-electron chi connectivity index (χ4n) is 0.716. The summed E-state index contributed by atoms with van der Waals surface area (Å²) in [6.45, 7) is 0. The third-order valence-electron chi connectivity index (χ3n) is 1.19. The first-order valence-electron chi connectivity index (χ1n) is 3.11. The summed E-state index contributed by atoms with van der Waals surface area (Å²) in [6, 6.07) is 5.39. The molecule has 1 rings (SSSR count). The molecule has 0 aliphatic heterocycles. The molecule has 0 atom stereocenters. The SMILES string of the molecule is NC(=S)Nc1ccc(Br)c(Cl)c1. The van der Waals surface area contributed by atoms with E-state index < -0.39 is 0 Å². The Morgan fingerprint density at radius 3 is 2.75 bits per heavy atom. The molecule has 0 radical (unpaired) electrons. The summed E-state index contributed by atoms with van der Waals surface area (Å²) in [6.07, 6.45) is 0. The maximum atomic E-state index is 5.83. The summed E-state index contributed by atoms with van der Waals surface area (Å²) in [7, 11) is 0. The Hall–Kier alpha value is -0.320.